The summed E-state index contributed by atoms with van der Waals surface area (Å²) in [7, 11) is 1.32. The number of aliphatic imine (C=N–C) groups is 1. The van der Waals surface area contributed by atoms with Crippen LogP contribution in [0.2, 0.25) is 0 Å². The number of para-hydroxylation sites is 1. The van der Waals surface area contributed by atoms with Gasteiger partial charge in [-0.3, -0.25) is 4.99 Å². The second kappa shape index (κ2) is 9.94. The lowest BCUT2D eigenvalue weighted by atomic mass is 10.2. The molecule has 0 aliphatic carbocycles. The monoisotopic (exact) mass is 390 g/mol. The highest BCUT2D eigenvalue weighted by molar-refractivity contribution is 7.89. The molecule has 0 unspecified atom stereocenters. The summed E-state index contributed by atoms with van der Waals surface area (Å²) < 4.78 is 31.0. The smallest absolute Gasteiger partial charge is 0.242 e. The second-order valence-electron chi connectivity index (χ2n) is 5.95. The molecule has 2 rings (SSSR count). The molecule has 0 amide bonds. The first-order valence-corrected chi connectivity index (χ1v) is 10.0. The van der Waals surface area contributed by atoms with Gasteiger partial charge in [-0.15, -0.1) is 0 Å². The zero-order valence-electron chi connectivity index (χ0n) is 15.8. The molecule has 0 aromatic heterocycles. The lowest BCUT2D eigenvalue weighted by Crippen LogP contribution is -2.38. The van der Waals surface area contributed by atoms with E-state index in [0.29, 0.717) is 25.7 Å². The van der Waals surface area contributed by atoms with Crippen LogP contribution in [0.4, 0.5) is 0 Å². The van der Waals surface area contributed by atoms with Crippen LogP contribution >= 0.6 is 0 Å². The molecule has 0 spiro atoms. The first-order chi connectivity index (χ1) is 12.9. The Morgan fingerprint density at radius 2 is 1.70 bits per heavy atom. The van der Waals surface area contributed by atoms with E-state index in [2.05, 4.69) is 15.6 Å². The van der Waals surface area contributed by atoms with Crippen LogP contribution in [-0.4, -0.2) is 53.0 Å². The highest BCUT2D eigenvalue weighted by atomic mass is 32.2. The first-order valence-electron chi connectivity index (χ1n) is 8.57. The molecule has 0 fully saturated rings. The van der Waals surface area contributed by atoms with E-state index in [-0.39, 0.29) is 4.90 Å². The average molecular weight is 391 g/mol. The summed E-state index contributed by atoms with van der Waals surface area (Å²) in [6.45, 7) is 1.65. The average Bonchev–Trinajstić information content (AvgIpc) is 2.68. The molecule has 2 aromatic rings. The predicted molar refractivity (Wildman–Crippen MR) is 107 cm³/mol. The van der Waals surface area contributed by atoms with Crippen molar-refractivity contribution in [3.05, 3.63) is 60.2 Å². The Bertz CT molecular complexity index is 835. The minimum absolute atomic E-state index is 0.275. The van der Waals surface area contributed by atoms with Crippen molar-refractivity contribution in [3.8, 4) is 5.75 Å². The molecule has 2 N–H and O–H groups in total. The van der Waals surface area contributed by atoms with Crippen molar-refractivity contribution in [2.45, 2.75) is 11.4 Å². The molecule has 0 saturated carbocycles. The van der Waals surface area contributed by atoms with E-state index in [9.17, 15) is 8.42 Å². The predicted octanol–water partition coefficient (Wildman–Crippen LogP) is 1.68. The van der Waals surface area contributed by atoms with Crippen LogP contribution in [0.15, 0.2) is 64.5 Å². The van der Waals surface area contributed by atoms with Crippen LogP contribution in [0.3, 0.4) is 0 Å². The zero-order valence-corrected chi connectivity index (χ0v) is 16.7. The van der Waals surface area contributed by atoms with Gasteiger partial charge < -0.3 is 15.4 Å². The molecule has 27 heavy (non-hydrogen) atoms. The normalized spacial score (nSPS) is 12.1. The maximum Gasteiger partial charge on any atom is 0.242 e. The van der Waals surface area contributed by atoms with E-state index in [4.69, 9.17) is 4.74 Å². The molecule has 0 heterocycles. The number of guanidine groups is 1. The number of hydrogen-bond acceptors (Lipinski definition) is 4. The molecular weight excluding hydrogens is 364 g/mol. The first kappa shape index (κ1) is 20.7. The summed E-state index contributed by atoms with van der Waals surface area (Å²) in [6.07, 6.45) is 0. The van der Waals surface area contributed by atoms with Gasteiger partial charge in [0, 0.05) is 27.7 Å². The summed E-state index contributed by atoms with van der Waals surface area (Å²) in [5.41, 5.74) is 0.955. The van der Waals surface area contributed by atoms with Gasteiger partial charge in [-0.1, -0.05) is 30.3 Å². The van der Waals surface area contributed by atoms with E-state index < -0.39 is 10.0 Å². The molecule has 0 aliphatic heterocycles. The van der Waals surface area contributed by atoms with Crippen molar-refractivity contribution in [1.29, 1.82) is 0 Å². The SMILES string of the molecule is CN=C(NCCOc1ccccc1)NCc1ccc(S(=O)(=O)N(C)C)cc1. The van der Waals surface area contributed by atoms with Crippen LogP contribution in [-0.2, 0) is 16.6 Å². The van der Waals surface area contributed by atoms with E-state index in [0.717, 1.165) is 11.3 Å². The largest absolute Gasteiger partial charge is 0.492 e. The Morgan fingerprint density at radius 3 is 2.30 bits per heavy atom. The number of hydrogen-bond donors (Lipinski definition) is 2. The van der Waals surface area contributed by atoms with Crippen LogP contribution in [0.25, 0.3) is 0 Å². The molecule has 0 saturated heterocycles. The number of sulfonamides is 1. The summed E-state index contributed by atoms with van der Waals surface area (Å²) in [6, 6.07) is 16.4. The van der Waals surface area contributed by atoms with Gasteiger partial charge in [0.2, 0.25) is 10.0 Å². The van der Waals surface area contributed by atoms with E-state index in [1.54, 1.807) is 31.3 Å². The minimum atomic E-state index is -3.40. The van der Waals surface area contributed by atoms with Gasteiger partial charge in [-0.2, -0.15) is 0 Å². The molecule has 0 aliphatic rings. The van der Waals surface area contributed by atoms with Gasteiger partial charge in [0.15, 0.2) is 5.96 Å². The van der Waals surface area contributed by atoms with Crippen molar-refractivity contribution in [2.24, 2.45) is 4.99 Å². The standard InChI is InChI=1S/C19H26N4O3S/c1-20-19(21-13-14-26-17-7-5-4-6-8-17)22-15-16-9-11-18(12-10-16)27(24,25)23(2)3/h4-12H,13-15H2,1-3H3,(H2,20,21,22). The zero-order chi connectivity index (χ0) is 19.7. The highest BCUT2D eigenvalue weighted by Crippen LogP contribution is 2.13. The van der Waals surface area contributed by atoms with Crippen molar-refractivity contribution in [1.82, 2.24) is 14.9 Å². The topological polar surface area (TPSA) is 83.0 Å². The molecule has 146 valence electrons. The van der Waals surface area contributed by atoms with Gasteiger partial charge in [0.05, 0.1) is 11.4 Å². The Morgan fingerprint density at radius 1 is 1.04 bits per heavy atom. The number of nitrogens with zero attached hydrogens (tertiary/aromatic N) is 2. The van der Waals surface area contributed by atoms with Gasteiger partial charge in [0.1, 0.15) is 12.4 Å². The fraction of sp³-hybridized carbons (Fsp3) is 0.316. The summed E-state index contributed by atoms with van der Waals surface area (Å²) in [5, 5.41) is 6.36. The quantitative estimate of drug-likeness (QED) is 0.407. The second-order valence-corrected chi connectivity index (χ2v) is 8.10. The lowest BCUT2D eigenvalue weighted by molar-refractivity contribution is 0.322. The van der Waals surface area contributed by atoms with Crippen molar-refractivity contribution < 1.29 is 13.2 Å². The third-order valence-corrected chi connectivity index (χ3v) is 5.62. The van der Waals surface area contributed by atoms with Crippen molar-refractivity contribution >= 4 is 16.0 Å². The Hall–Kier alpha value is -2.58. The van der Waals surface area contributed by atoms with E-state index in [1.165, 1.54) is 18.4 Å². The molecule has 8 heteroatoms. The number of rotatable bonds is 8. The number of nitrogens with one attached hydrogen (secondary N) is 2. The molecule has 2 aromatic carbocycles. The summed E-state index contributed by atoms with van der Waals surface area (Å²) >= 11 is 0. The summed E-state index contributed by atoms with van der Waals surface area (Å²) in [5.74, 6) is 1.48. The van der Waals surface area contributed by atoms with Crippen molar-refractivity contribution in [3.63, 3.8) is 0 Å². The maximum atomic E-state index is 12.1. The van der Waals surface area contributed by atoms with Gasteiger partial charge in [-0.05, 0) is 29.8 Å². The van der Waals surface area contributed by atoms with Gasteiger partial charge in [0.25, 0.3) is 0 Å². The van der Waals surface area contributed by atoms with Crippen molar-refractivity contribution in [2.75, 3.05) is 34.3 Å². The van der Waals surface area contributed by atoms with Gasteiger partial charge in [-0.25, -0.2) is 12.7 Å². The molecule has 0 radical (unpaired) electrons. The fourth-order valence-electron chi connectivity index (χ4n) is 2.25. The molecule has 7 nitrogen and oxygen atoms in total. The lowest BCUT2D eigenvalue weighted by Gasteiger charge is -2.14. The van der Waals surface area contributed by atoms with E-state index in [1.807, 2.05) is 30.3 Å². The van der Waals surface area contributed by atoms with Crippen LogP contribution in [0, 0.1) is 0 Å². The Kier molecular flexibility index (Phi) is 7.63. The van der Waals surface area contributed by atoms with Gasteiger partial charge >= 0.3 is 0 Å². The fourth-order valence-corrected chi connectivity index (χ4v) is 3.15. The molecular formula is C19H26N4O3S. The molecule has 0 atom stereocenters. The van der Waals surface area contributed by atoms with Crippen LogP contribution in [0.1, 0.15) is 5.56 Å². The maximum absolute atomic E-state index is 12.1. The minimum Gasteiger partial charge on any atom is -0.492 e. The Labute approximate surface area is 161 Å². The third-order valence-electron chi connectivity index (χ3n) is 3.79. The Balaban J connectivity index is 1.78. The summed E-state index contributed by atoms with van der Waals surface area (Å²) in [4.78, 5) is 4.44. The highest BCUT2D eigenvalue weighted by Gasteiger charge is 2.16. The number of ether oxygens (including phenoxy) is 1. The van der Waals surface area contributed by atoms with Crippen LogP contribution in [0.5, 0.6) is 5.75 Å². The molecule has 0 bridgehead atoms. The number of benzene rings is 2. The van der Waals surface area contributed by atoms with Crippen LogP contribution < -0.4 is 15.4 Å². The third kappa shape index (κ3) is 6.26. The van der Waals surface area contributed by atoms with E-state index >= 15 is 0 Å².